The summed E-state index contributed by atoms with van der Waals surface area (Å²) in [4.78, 5) is 0. The van der Waals surface area contributed by atoms with Crippen LogP contribution in [-0.4, -0.2) is 0 Å². The molecule has 0 spiro atoms. The molecule has 0 heterocycles. The van der Waals surface area contributed by atoms with Gasteiger partial charge in [0.2, 0.25) is 0 Å². The van der Waals surface area contributed by atoms with Crippen LogP contribution in [0.3, 0.4) is 0 Å². The molecule has 16 heavy (non-hydrogen) atoms. The maximum absolute atomic E-state index is 5.65. The molecule has 0 amide bonds. The van der Waals surface area contributed by atoms with Gasteiger partial charge in [-0.1, -0.05) is 55.7 Å². The number of rotatable bonds is 4. The van der Waals surface area contributed by atoms with Gasteiger partial charge in [0.05, 0.1) is 0 Å². The molecule has 1 aromatic carbocycles. The third-order valence-electron chi connectivity index (χ3n) is 2.21. The molecule has 0 fully saturated rings. The van der Waals surface area contributed by atoms with Gasteiger partial charge in [0.1, 0.15) is 0 Å². The summed E-state index contributed by atoms with van der Waals surface area (Å²) in [6.45, 7) is 9.70. The molecule has 1 nitrogen and oxygen atoms in total. The lowest BCUT2D eigenvalue weighted by Crippen LogP contribution is -1.94. The summed E-state index contributed by atoms with van der Waals surface area (Å²) in [6.07, 6.45) is 7.88. The van der Waals surface area contributed by atoms with Gasteiger partial charge >= 0.3 is 0 Å². The Kier molecular flexibility index (Phi) is 4.34. The van der Waals surface area contributed by atoms with Crippen molar-refractivity contribution in [2.45, 2.75) is 6.92 Å². The Morgan fingerprint density at radius 1 is 1.19 bits per heavy atom. The van der Waals surface area contributed by atoms with Gasteiger partial charge in [-0.25, -0.2) is 0 Å². The first-order valence-electron chi connectivity index (χ1n) is 5.18. The molecule has 1 rings (SSSR count). The number of hydrogen-bond donors (Lipinski definition) is 1. The first-order chi connectivity index (χ1) is 7.65. The van der Waals surface area contributed by atoms with Crippen molar-refractivity contribution in [3.05, 3.63) is 72.9 Å². The minimum Gasteiger partial charge on any atom is -0.399 e. The molecule has 1 aromatic rings. The van der Waals surface area contributed by atoms with Gasteiger partial charge in [0.15, 0.2) is 0 Å². The Labute approximate surface area is 97.3 Å². The number of allylic oxidation sites excluding steroid dienone is 5. The van der Waals surface area contributed by atoms with E-state index in [1.165, 1.54) is 0 Å². The second-order valence-corrected chi connectivity index (χ2v) is 3.52. The van der Waals surface area contributed by atoms with E-state index in [-0.39, 0.29) is 0 Å². The lowest BCUT2D eigenvalue weighted by molar-refractivity contribution is 1.51. The van der Waals surface area contributed by atoms with Gasteiger partial charge in [0.25, 0.3) is 0 Å². The van der Waals surface area contributed by atoms with Gasteiger partial charge in [-0.05, 0) is 29.7 Å². The average Bonchev–Trinajstić information content (AvgIpc) is 2.29. The van der Waals surface area contributed by atoms with Gasteiger partial charge in [-0.2, -0.15) is 0 Å². The van der Waals surface area contributed by atoms with Gasteiger partial charge in [-0.15, -0.1) is 0 Å². The predicted molar refractivity (Wildman–Crippen MR) is 72.7 cm³/mol. The van der Waals surface area contributed by atoms with Crippen LogP contribution in [0.15, 0.2) is 61.7 Å². The Balaban J connectivity index is 2.92. The Bertz CT molecular complexity index is 450. The Hall–Kier alpha value is -2.02. The molecule has 82 valence electrons. The highest BCUT2D eigenvalue weighted by molar-refractivity contribution is 5.75. The molecule has 0 radical (unpaired) electrons. The highest BCUT2D eigenvalue weighted by Crippen LogP contribution is 2.17. The van der Waals surface area contributed by atoms with Crippen molar-refractivity contribution in [1.29, 1.82) is 0 Å². The van der Waals surface area contributed by atoms with E-state index in [1.54, 1.807) is 0 Å². The van der Waals surface area contributed by atoms with Crippen molar-refractivity contribution in [3.63, 3.8) is 0 Å². The van der Waals surface area contributed by atoms with Crippen LogP contribution in [0.1, 0.15) is 18.1 Å². The van der Waals surface area contributed by atoms with E-state index < -0.39 is 0 Å². The Morgan fingerprint density at radius 3 is 2.50 bits per heavy atom. The molecule has 0 saturated carbocycles. The van der Waals surface area contributed by atoms with Crippen LogP contribution in [0.5, 0.6) is 0 Å². The fraction of sp³-hybridized carbons (Fsp3) is 0.0667. The smallest absolute Gasteiger partial charge is 0.0314 e. The largest absolute Gasteiger partial charge is 0.399 e. The molecule has 0 aromatic heterocycles. The minimum atomic E-state index is 0.576. The summed E-state index contributed by atoms with van der Waals surface area (Å²) in [5.74, 6) is 0. The summed E-state index contributed by atoms with van der Waals surface area (Å²) in [5, 5.41) is 0. The molecule has 0 atom stereocenters. The lowest BCUT2D eigenvalue weighted by atomic mass is 10.0. The summed E-state index contributed by atoms with van der Waals surface area (Å²) in [5.41, 5.74) is 9.19. The van der Waals surface area contributed by atoms with Crippen molar-refractivity contribution in [1.82, 2.24) is 0 Å². The molecular weight excluding hydrogens is 194 g/mol. The van der Waals surface area contributed by atoms with Crippen molar-refractivity contribution < 1.29 is 0 Å². The fourth-order valence-corrected chi connectivity index (χ4v) is 1.30. The summed E-state index contributed by atoms with van der Waals surface area (Å²) in [6, 6.07) is 7.89. The maximum Gasteiger partial charge on any atom is 0.0314 e. The zero-order valence-electron chi connectivity index (χ0n) is 9.61. The number of hydrogen-bond acceptors (Lipinski definition) is 1. The molecule has 0 unspecified atom stereocenters. The van der Waals surface area contributed by atoms with E-state index in [0.717, 1.165) is 16.7 Å². The first-order valence-corrected chi connectivity index (χ1v) is 5.18. The van der Waals surface area contributed by atoms with Crippen LogP contribution in [0, 0.1) is 0 Å². The number of benzene rings is 1. The van der Waals surface area contributed by atoms with E-state index in [4.69, 9.17) is 5.73 Å². The molecule has 0 aliphatic rings. The number of nitrogens with two attached hydrogens (primary N) is 1. The van der Waals surface area contributed by atoms with Crippen LogP contribution in [0.2, 0.25) is 0 Å². The van der Waals surface area contributed by atoms with E-state index in [1.807, 2.05) is 55.5 Å². The monoisotopic (exact) mass is 211 g/mol. The fourth-order valence-electron chi connectivity index (χ4n) is 1.30. The third kappa shape index (κ3) is 3.28. The van der Waals surface area contributed by atoms with Crippen LogP contribution < -0.4 is 5.73 Å². The van der Waals surface area contributed by atoms with Crippen molar-refractivity contribution in [2.24, 2.45) is 5.73 Å². The second-order valence-electron chi connectivity index (χ2n) is 3.52. The second kappa shape index (κ2) is 5.76. The third-order valence-corrected chi connectivity index (χ3v) is 2.21. The molecular formula is C15H17N. The van der Waals surface area contributed by atoms with Gasteiger partial charge in [0, 0.05) is 5.70 Å². The highest BCUT2D eigenvalue weighted by atomic mass is 14.6. The van der Waals surface area contributed by atoms with Crippen LogP contribution in [0.25, 0.3) is 11.3 Å². The van der Waals surface area contributed by atoms with E-state index in [9.17, 15) is 0 Å². The van der Waals surface area contributed by atoms with E-state index >= 15 is 0 Å². The maximum atomic E-state index is 5.65. The van der Waals surface area contributed by atoms with Crippen LogP contribution >= 0.6 is 0 Å². The standard InChI is InChI=1S/C15H17N/c1-4-5-6-8-12(2)14-9-7-10-15(11-14)13(3)16/h4-11H,2-3,16H2,1H3/b5-4-,8-6-. The lowest BCUT2D eigenvalue weighted by Gasteiger charge is -2.04. The average molecular weight is 211 g/mol. The van der Waals surface area contributed by atoms with Crippen molar-refractivity contribution in [3.8, 4) is 0 Å². The van der Waals surface area contributed by atoms with Gasteiger partial charge < -0.3 is 5.73 Å². The van der Waals surface area contributed by atoms with Crippen molar-refractivity contribution in [2.75, 3.05) is 0 Å². The molecule has 0 saturated heterocycles. The van der Waals surface area contributed by atoms with Crippen LogP contribution in [0.4, 0.5) is 0 Å². The zero-order chi connectivity index (χ0) is 12.0. The molecule has 2 N–H and O–H groups in total. The van der Waals surface area contributed by atoms with E-state index in [0.29, 0.717) is 5.70 Å². The zero-order valence-corrected chi connectivity index (χ0v) is 9.61. The summed E-state index contributed by atoms with van der Waals surface area (Å²) in [7, 11) is 0. The minimum absolute atomic E-state index is 0.576. The molecule has 1 heteroatoms. The Morgan fingerprint density at radius 2 is 1.88 bits per heavy atom. The van der Waals surface area contributed by atoms with E-state index in [2.05, 4.69) is 13.2 Å². The first kappa shape index (κ1) is 12.1. The van der Waals surface area contributed by atoms with Crippen molar-refractivity contribution >= 4 is 11.3 Å². The predicted octanol–water partition coefficient (Wildman–Crippen LogP) is 3.76. The normalized spacial score (nSPS) is 11.1. The van der Waals surface area contributed by atoms with Crippen LogP contribution in [-0.2, 0) is 0 Å². The highest BCUT2D eigenvalue weighted by Gasteiger charge is 1.98. The molecule has 0 bridgehead atoms. The topological polar surface area (TPSA) is 26.0 Å². The SMILES string of the molecule is C=C(N)c1cccc(C(=C)/C=C\C=C/C)c1. The molecule has 0 aliphatic heterocycles. The van der Waals surface area contributed by atoms with Gasteiger partial charge in [-0.3, -0.25) is 0 Å². The quantitative estimate of drug-likeness (QED) is 0.754. The summed E-state index contributed by atoms with van der Waals surface area (Å²) >= 11 is 0. The summed E-state index contributed by atoms with van der Waals surface area (Å²) < 4.78 is 0. The molecule has 0 aliphatic carbocycles.